The first-order valence-corrected chi connectivity index (χ1v) is 7.69. The molecule has 1 N–H and O–H groups in total. The van der Waals surface area contributed by atoms with Crippen molar-refractivity contribution < 1.29 is 4.79 Å². The molecule has 1 amide bonds. The Labute approximate surface area is 135 Å². The smallest absolute Gasteiger partial charge is 0.227 e. The van der Waals surface area contributed by atoms with Crippen molar-refractivity contribution in [1.82, 2.24) is 19.9 Å². The van der Waals surface area contributed by atoms with Gasteiger partial charge in [-0.05, 0) is 18.2 Å². The number of anilines is 2. The zero-order valence-electron chi connectivity index (χ0n) is 13.1. The van der Waals surface area contributed by atoms with E-state index in [1.807, 2.05) is 29.2 Å². The van der Waals surface area contributed by atoms with Gasteiger partial charge in [0.1, 0.15) is 5.82 Å². The Morgan fingerprint density at radius 1 is 1.13 bits per heavy atom. The van der Waals surface area contributed by atoms with Crippen molar-refractivity contribution in [2.45, 2.75) is 13.5 Å². The van der Waals surface area contributed by atoms with Gasteiger partial charge in [-0.2, -0.15) is 4.98 Å². The van der Waals surface area contributed by atoms with Gasteiger partial charge < -0.3 is 15.1 Å². The first-order valence-electron chi connectivity index (χ1n) is 7.69. The SMILES string of the molecule is CC(=O)N1CCN(c2nccc(NCc3ccccn3)n2)CC1. The van der Waals surface area contributed by atoms with Crippen molar-refractivity contribution in [3.63, 3.8) is 0 Å². The van der Waals surface area contributed by atoms with E-state index in [1.165, 1.54) is 0 Å². The van der Waals surface area contributed by atoms with Crippen LogP contribution in [0.4, 0.5) is 11.8 Å². The summed E-state index contributed by atoms with van der Waals surface area (Å²) in [6.07, 6.45) is 3.53. The highest BCUT2D eigenvalue weighted by Crippen LogP contribution is 2.14. The van der Waals surface area contributed by atoms with E-state index in [0.29, 0.717) is 25.6 Å². The van der Waals surface area contributed by atoms with Crippen LogP contribution in [0.15, 0.2) is 36.7 Å². The quantitative estimate of drug-likeness (QED) is 0.913. The van der Waals surface area contributed by atoms with E-state index in [2.05, 4.69) is 25.2 Å². The van der Waals surface area contributed by atoms with Crippen LogP contribution in [0.1, 0.15) is 12.6 Å². The van der Waals surface area contributed by atoms with Gasteiger partial charge in [0.25, 0.3) is 0 Å². The molecule has 0 spiro atoms. The molecule has 0 bridgehead atoms. The van der Waals surface area contributed by atoms with Crippen molar-refractivity contribution in [2.24, 2.45) is 0 Å². The number of aromatic nitrogens is 3. The lowest BCUT2D eigenvalue weighted by Gasteiger charge is -2.34. The maximum atomic E-state index is 11.4. The highest BCUT2D eigenvalue weighted by atomic mass is 16.2. The third kappa shape index (κ3) is 3.94. The Morgan fingerprint density at radius 2 is 1.96 bits per heavy atom. The van der Waals surface area contributed by atoms with E-state index >= 15 is 0 Å². The van der Waals surface area contributed by atoms with Gasteiger partial charge in [-0.15, -0.1) is 0 Å². The summed E-state index contributed by atoms with van der Waals surface area (Å²) in [4.78, 5) is 28.5. The first-order chi connectivity index (χ1) is 11.2. The minimum atomic E-state index is 0.122. The number of amides is 1. The number of rotatable bonds is 4. The molecule has 1 aliphatic rings. The molecule has 1 aliphatic heterocycles. The fourth-order valence-corrected chi connectivity index (χ4v) is 2.50. The first kappa shape index (κ1) is 15.2. The fraction of sp³-hybridized carbons (Fsp3) is 0.375. The monoisotopic (exact) mass is 312 g/mol. The molecule has 0 aromatic carbocycles. The molecule has 23 heavy (non-hydrogen) atoms. The van der Waals surface area contributed by atoms with E-state index in [0.717, 1.165) is 24.6 Å². The summed E-state index contributed by atoms with van der Waals surface area (Å²) in [6.45, 7) is 5.16. The Hall–Kier alpha value is -2.70. The molecule has 120 valence electrons. The molecule has 0 saturated carbocycles. The van der Waals surface area contributed by atoms with Crippen LogP contribution in [-0.4, -0.2) is 51.9 Å². The van der Waals surface area contributed by atoms with E-state index in [-0.39, 0.29) is 5.91 Å². The predicted octanol–water partition coefficient (Wildman–Crippen LogP) is 1.15. The molecule has 2 aromatic rings. The highest BCUT2D eigenvalue weighted by Gasteiger charge is 2.20. The van der Waals surface area contributed by atoms with Crippen molar-refractivity contribution >= 4 is 17.7 Å². The minimum absolute atomic E-state index is 0.122. The molecule has 2 aromatic heterocycles. The summed E-state index contributed by atoms with van der Waals surface area (Å²) in [6, 6.07) is 7.67. The van der Waals surface area contributed by atoms with E-state index in [9.17, 15) is 4.79 Å². The maximum Gasteiger partial charge on any atom is 0.227 e. The van der Waals surface area contributed by atoms with Crippen LogP contribution < -0.4 is 10.2 Å². The highest BCUT2D eigenvalue weighted by molar-refractivity contribution is 5.73. The molecule has 0 unspecified atom stereocenters. The van der Waals surface area contributed by atoms with Crippen molar-refractivity contribution in [1.29, 1.82) is 0 Å². The zero-order valence-corrected chi connectivity index (χ0v) is 13.1. The maximum absolute atomic E-state index is 11.4. The van der Waals surface area contributed by atoms with E-state index < -0.39 is 0 Å². The van der Waals surface area contributed by atoms with Crippen molar-refractivity contribution in [3.8, 4) is 0 Å². The second-order valence-corrected chi connectivity index (χ2v) is 5.41. The number of piperazine rings is 1. The molecule has 3 rings (SSSR count). The van der Waals surface area contributed by atoms with Gasteiger partial charge in [-0.3, -0.25) is 9.78 Å². The van der Waals surface area contributed by atoms with Gasteiger partial charge in [0.15, 0.2) is 0 Å². The Balaban J connectivity index is 1.60. The summed E-state index contributed by atoms with van der Waals surface area (Å²) in [5, 5.41) is 3.26. The number of hydrogen-bond donors (Lipinski definition) is 1. The van der Waals surface area contributed by atoms with Crippen LogP contribution in [0, 0.1) is 0 Å². The molecule has 3 heterocycles. The second-order valence-electron chi connectivity index (χ2n) is 5.41. The lowest BCUT2D eigenvalue weighted by atomic mass is 10.3. The van der Waals surface area contributed by atoms with Crippen LogP contribution in [0.25, 0.3) is 0 Å². The largest absolute Gasteiger partial charge is 0.364 e. The minimum Gasteiger partial charge on any atom is -0.364 e. The van der Waals surface area contributed by atoms with Crippen LogP contribution in [-0.2, 0) is 11.3 Å². The summed E-state index contributed by atoms with van der Waals surface area (Å²) >= 11 is 0. The summed E-state index contributed by atoms with van der Waals surface area (Å²) in [7, 11) is 0. The van der Waals surface area contributed by atoms with Gasteiger partial charge in [-0.1, -0.05) is 6.07 Å². The normalized spacial score (nSPS) is 14.7. The fourth-order valence-electron chi connectivity index (χ4n) is 2.50. The van der Waals surface area contributed by atoms with Crippen LogP contribution in [0.5, 0.6) is 0 Å². The molecular formula is C16H20N6O. The third-order valence-electron chi connectivity index (χ3n) is 3.83. The number of pyridine rings is 1. The van der Waals surface area contributed by atoms with Gasteiger partial charge in [0.05, 0.1) is 12.2 Å². The van der Waals surface area contributed by atoms with Crippen molar-refractivity contribution in [2.75, 3.05) is 36.4 Å². The molecule has 1 fully saturated rings. The molecule has 0 atom stereocenters. The average Bonchev–Trinajstić information content (AvgIpc) is 2.61. The number of nitrogens with one attached hydrogen (secondary N) is 1. The average molecular weight is 312 g/mol. The lowest BCUT2D eigenvalue weighted by Crippen LogP contribution is -2.48. The molecule has 0 radical (unpaired) electrons. The lowest BCUT2D eigenvalue weighted by molar-refractivity contribution is -0.129. The van der Waals surface area contributed by atoms with Gasteiger partial charge in [-0.25, -0.2) is 4.98 Å². The molecule has 7 heteroatoms. The zero-order chi connectivity index (χ0) is 16.1. The molecular weight excluding hydrogens is 292 g/mol. The van der Waals surface area contributed by atoms with Gasteiger partial charge in [0, 0.05) is 45.5 Å². The predicted molar refractivity (Wildman–Crippen MR) is 88.1 cm³/mol. The summed E-state index contributed by atoms with van der Waals surface area (Å²) in [5.74, 6) is 1.59. The van der Waals surface area contributed by atoms with Crippen LogP contribution >= 0.6 is 0 Å². The number of hydrogen-bond acceptors (Lipinski definition) is 6. The van der Waals surface area contributed by atoms with E-state index in [1.54, 1.807) is 19.3 Å². The third-order valence-corrected chi connectivity index (χ3v) is 3.83. The summed E-state index contributed by atoms with van der Waals surface area (Å²) < 4.78 is 0. The number of carbonyl (C=O) groups is 1. The molecule has 7 nitrogen and oxygen atoms in total. The van der Waals surface area contributed by atoms with Crippen molar-refractivity contribution in [3.05, 3.63) is 42.4 Å². The Morgan fingerprint density at radius 3 is 2.65 bits per heavy atom. The Bertz CT molecular complexity index is 655. The topological polar surface area (TPSA) is 74.2 Å². The number of carbonyl (C=O) groups excluding carboxylic acids is 1. The Kier molecular flexibility index (Phi) is 4.65. The standard InChI is InChI=1S/C16H20N6O/c1-13(23)21-8-10-22(11-9-21)16-18-7-5-15(20-16)19-12-14-4-2-3-6-17-14/h2-7H,8-12H2,1H3,(H,18,19,20). The van der Waals surface area contributed by atoms with Crippen LogP contribution in [0.3, 0.4) is 0 Å². The molecule has 1 saturated heterocycles. The molecule has 0 aliphatic carbocycles. The summed E-state index contributed by atoms with van der Waals surface area (Å²) in [5.41, 5.74) is 0.961. The van der Waals surface area contributed by atoms with Gasteiger partial charge >= 0.3 is 0 Å². The number of nitrogens with zero attached hydrogens (tertiary/aromatic N) is 5. The second kappa shape index (κ2) is 7.04. The van der Waals surface area contributed by atoms with E-state index in [4.69, 9.17) is 0 Å². The van der Waals surface area contributed by atoms with Crippen LogP contribution in [0.2, 0.25) is 0 Å². The van der Waals surface area contributed by atoms with Gasteiger partial charge in [0.2, 0.25) is 11.9 Å².